The van der Waals surface area contributed by atoms with Crippen molar-refractivity contribution in [3.63, 3.8) is 0 Å². The molecule has 0 aromatic heterocycles. The van der Waals surface area contributed by atoms with E-state index in [9.17, 15) is 14.7 Å². The molecule has 0 aromatic carbocycles. The first-order valence-corrected chi connectivity index (χ1v) is 26.4. The second-order valence-electron chi connectivity index (χ2n) is 18.7. The first-order chi connectivity index (χ1) is 29.0. The number of carbonyl (C=O) groups is 2. The SMILES string of the molecule is CCCCCCCCC(CCCCCC)CC(=O)OCCCCCN(CCCCCOC(=O)CC(CCCCCC)CCCCCCCC)CCN(CCO)C1CCC1. The van der Waals surface area contributed by atoms with E-state index in [2.05, 4.69) is 37.5 Å². The Hall–Kier alpha value is -1.18. The van der Waals surface area contributed by atoms with E-state index >= 15 is 0 Å². The number of rotatable bonds is 46. The molecule has 0 radical (unpaired) electrons. The molecule has 0 amide bonds. The third kappa shape index (κ3) is 34.0. The summed E-state index contributed by atoms with van der Waals surface area (Å²) >= 11 is 0. The van der Waals surface area contributed by atoms with Crippen molar-refractivity contribution in [1.29, 1.82) is 0 Å². The molecule has 1 aliphatic carbocycles. The van der Waals surface area contributed by atoms with Crippen molar-refractivity contribution in [3.8, 4) is 0 Å². The van der Waals surface area contributed by atoms with Gasteiger partial charge in [0.15, 0.2) is 0 Å². The number of hydrogen-bond acceptors (Lipinski definition) is 7. The first kappa shape index (κ1) is 55.8. The zero-order valence-electron chi connectivity index (χ0n) is 40.1. The summed E-state index contributed by atoms with van der Waals surface area (Å²) in [6, 6.07) is 0.636. The second-order valence-corrected chi connectivity index (χ2v) is 18.7. The molecule has 0 heterocycles. The lowest BCUT2D eigenvalue weighted by Gasteiger charge is -2.38. The number of aliphatic hydroxyl groups excluding tert-OH is 1. The van der Waals surface area contributed by atoms with Crippen molar-refractivity contribution in [1.82, 2.24) is 9.80 Å². The van der Waals surface area contributed by atoms with Gasteiger partial charge in [-0.25, -0.2) is 0 Å². The summed E-state index contributed by atoms with van der Waals surface area (Å²) in [6.07, 6.45) is 41.7. The Bertz CT molecular complexity index is 856. The van der Waals surface area contributed by atoms with Crippen LogP contribution in [0.2, 0.25) is 0 Å². The fourth-order valence-electron chi connectivity index (χ4n) is 9.00. The van der Waals surface area contributed by atoms with Gasteiger partial charge < -0.3 is 19.5 Å². The highest BCUT2D eigenvalue weighted by Crippen LogP contribution is 2.26. The highest BCUT2D eigenvalue weighted by Gasteiger charge is 2.24. The van der Waals surface area contributed by atoms with Crippen molar-refractivity contribution in [2.45, 2.75) is 258 Å². The van der Waals surface area contributed by atoms with Crippen molar-refractivity contribution >= 4 is 11.9 Å². The first-order valence-electron chi connectivity index (χ1n) is 26.4. The Balaban J connectivity index is 2.47. The van der Waals surface area contributed by atoms with E-state index in [-0.39, 0.29) is 18.5 Å². The normalized spacial score (nSPS) is 14.2. The van der Waals surface area contributed by atoms with Gasteiger partial charge in [0, 0.05) is 38.5 Å². The molecule has 1 saturated carbocycles. The lowest BCUT2D eigenvalue weighted by Crippen LogP contribution is -2.45. The third-order valence-electron chi connectivity index (χ3n) is 13.2. The Morgan fingerprint density at radius 3 is 1.22 bits per heavy atom. The smallest absolute Gasteiger partial charge is 0.306 e. The maximum absolute atomic E-state index is 12.9. The van der Waals surface area contributed by atoms with Gasteiger partial charge in [-0.1, -0.05) is 163 Å². The number of esters is 2. The predicted octanol–water partition coefficient (Wildman–Crippen LogP) is 14.0. The van der Waals surface area contributed by atoms with Crippen LogP contribution in [0.15, 0.2) is 0 Å². The van der Waals surface area contributed by atoms with E-state index in [1.807, 2.05) is 0 Å². The van der Waals surface area contributed by atoms with E-state index < -0.39 is 0 Å². The maximum Gasteiger partial charge on any atom is 0.306 e. The van der Waals surface area contributed by atoms with Crippen LogP contribution in [-0.4, -0.2) is 85.4 Å². The molecule has 7 heteroatoms. The molecule has 1 rings (SSSR count). The highest BCUT2D eigenvalue weighted by atomic mass is 16.5. The molecule has 59 heavy (non-hydrogen) atoms. The van der Waals surface area contributed by atoms with E-state index in [0.717, 1.165) is 71.2 Å². The maximum atomic E-state index is 12.9. The summed E-state index contributed by atoms with van der Waals surface area (Å²) in [4.78, 5) is 30.9. The summed E-state index contributed by atoms with van der Waals surface area (Å²) in [5.41, 5.74) is 0. The van der Waals surface area contributed by atoms with Crippen molar-refractivity contribution in [3.05, 3.63) is 0 Å². The number of carbonyl (C=O) groups excluding carboxylic acids is 2. The van der Waals surface area contributed by atoms with Gasteiger partial charge in [-0.3, -0.25) is 14.5 Å². The summed E-state index contributed by atoms with van der Waals surface area (Å²) in [5, 5.41) is 9.73. The molecule has 7 nitrogen and oxygen atoms in total. The van der Waals surface area contributed by atoms with Crippen LogP contribution in [0.4, 0.5) is 0 Å². The summed E-state index contributed by atoms with van der Waals surface area (Å²) < 4.78 is 11.6. The third-order valence-corrected chi connectivity index (χ3v) is 13.2. The van der Waals surface area contributed by atoms with Gasteiger partial charge in [-0.05, 0) is 102 Å². The van der Waals surface area contributed by atoms with Crippen molar-refractivity contribution < 1.29 is 24.2 Å². The number of nitrogens with zero attached hydrogens (tertiary/aromatic N) is 2. The van der Waals surface area contributed by atoms with Crippen LogP contribution in [0.5, 0.6) is 0 Å². The Morgan fingerprint density at radius 2 is 0.847 bits per heavy atom. The molecule has 2 atom stereocenters. The van der Waals surface area contributed by atoms with Crippen molar-refractivity contribution in [2.24, 2.45) is 11.8 Å². The lowest BCUT2D eigenvalue weighted by atomic mass is 9.91. The minimum atomic E-state index is 0.0131. The van der Waals surface area contributed by atoms with Gasteiger partial charge in [0.2, 0.25) is 0 Å². The van der Waals surface area contributed by atoms with Crippen LogP contribution in [0.3, 0.4) is 0 Å². The molecule has 0 aromatic rings. The van der Waals surface area contributed by atoms with Gasteiger partial charge >= 0.3 is 11.9 Å². The molecule has 0 aliphatic heterocycles. The van der Waals surface area contributed by atoms with Crippen LogP contribution in [0.1, 0.15) is 252 Å². The van der Waals surface area contributed by atoms with Gasteiger partial charge in [0.1, 0.15) is 0 Å². The number of hydrogen-bond donors (Lipinski definition) is 1. The molecular weight excluding hydrogens is 733 g/mol. The molecule has 1 fully saturated rings. The highest BCUT2D eigenvalue weighted by molar-refractivity contribution is 5.70. The summed E-state index contributed by atoms with van der Waals surface area (Å²) in [6.45, 7) is 15.3. The molecule has 350 valence electrons. The molecular formula is C52H102N2O5. The number of ether oxygens (including phenoxy) is 2. The Kier molecular flexibility index (Phi) is 39.9. The predicted molar refractivity (Wildman–Crippen MR) is 252 cm³/mol. The Morgan fingerprint density at radius 1 is 0.475 bits per heavy atom. The van der Waals surface area contributed by atoms with Crippen molar-refractivity contribution in [2.75, 3.05) is 52.5 Å². The van der Waals surface area contributed by atoms with E-state index in [1.165, 1.54) is 173 Å². The molecule has 0 saturated heterocycles. The lowest BCUT2D eigenvalue weighted by molar-refractivity contribution is -0.146. The van der Waals surface area contributed by atoms with Crippen LogP contribution in [0, 0.1) is 11.8 Å². The average molecular weight is 835 g/mol. The topological polar surface area (TPSA) is 79.3 Å². The summed E-state index contributed by atoms with van der Waals surface area (Å²) in [5.74, 6) is 0.987. The second kappa shape index (κ2) is 42.1. The monoisotopic (exact) mass is 835 g/mol. The summed E-state index contributed by atoms with van der Waals surface area (Å²) in [7, 11) is 0. The van der Waals surface area contributed by atoms with Crippen LogP contribution in [0.25, 0.3) is 0 Å². The van der Waals surface area contributed by atoms with Gasteiger partial charge in [0.25, 0.3) is 0 Å². The molecule has 0 spiro atoms. The molecule has 1 aliphatic rings. The zero-order chi connectivity index (χ0) is 42.9. The van der Waals surface area contributed by atoms with Gasteiger partial charge in [-0.15, -0.1) is 0 Å². The average Bonchev–Trinajstić information content (AvgIpc) is 3.20. The zero-order valence-corrected chi connectivity index (χ0v) is 40.1. The molecule has 2 unspecified atom stereocenters. The quantitative estimate of drug-likeness (QED) is 0.0483. The molecule has 1 N–H and O–H groups in total. The largest absolute Gasteiger partial charge is 0.466 e. The van der Waals surface area contributed by atoms with E-state index in [4.69, 9.17) is 9.47 Å². The van der Waals surface area contributed by atoms with Crippen LogP contribution < -0.4 is 0 Å². The Labute approximate surface area is 367 Å². The number of unbranched alkanes of at least 4 members (excludes halogenated alkanes) is 20. The van der Waals surface area contributed by atoms with Crippen LogP contribution in [-0.2, 0) is 19.1 Å². The minimum Gasteiger partial charge on any atom is -0.466 e. The van der Waals surface area contributed by atoms with Gasteiger partial charge in [0.05, 0.1) is 19.8 Å². The van der Waals surface area contributed by atoms with Gasteiger partial charge in [-0.2, -0.15) is 0 Å². The van der Waals surface area contributed by atoms with E-state index in [0.29, 0.717) is 43.9 Å². The fraction of sp³-hybridized carbons (Fsp3) is 0.962. The standard InChI is InChI=1S/C52H102N2O5/c1-5-9-13-17-19-25-34-48(32-23-15-11-7-3)46-51(56)58-44-29-21-27-38-53(40-41-54(42-43-55)50-36-31-37-50)39-28-22-30-45-59-52(57)47-49(33-24-16-12-8-4)35-26-20-18-14-10-6-2/h48-50,55H,5-47H2,1-4H3. The molecule has 0 bridgehead atoms. The number of aliphatic hydroxyl groups is 1. The fourth-order valence-corrected chi connectivity index (χ4v) is 9.00. The van der Waals surface area contributed by atoms with Crippen LogP contribution >= 0.6 is 0 Å². The minimum absolute atomic E-state index is 0.0131. The van der Waals surface area contributed by atoms with E-state index in [1.54, 1.807) is 0 Å².